The van der Waals surface area contributed by atoms with E-state index in [0.29, 0.717) is 50.3 Å². The van der Waals surface area contributed by atoms with Gasteiger partial charge < -0.3 is 25.2 Å². The Labute approximate surface area is 161 Å². The van der Waals surface area contributed by atoms with Gasteiger partial charge in [0.05, 0.1) is 24.6 Å². The van der Waals surface area contributed by atoms with E-state index >= 15 is 0 Å². The van der Waals surface area contributed by atoms with E-state index in [9.17, 15) is 9.18 Å². The maximum atomic E-state index is 14.5. The van der Waals surface area contributed by atoms with Gasteiger partial charge in [0.1, 0.15) is 5.82 Å². The summed E-state index contributed by atoms with van der Waals surface area (Å²) in [7, 11) is 0. The van der Waals surface area contributed by atoms with Crippen molar-refractivity contribution < 1.29 is 23.8 Å². The highest BCUT2D eigenvalue weighted by atomic mass is 19.1. The van der Waals surface area contributed by atoms with Gasteiger partial charge in [0, 0.05) is 42.7 Å². The Morgan fingerprint density at radius 3 is 2.46 bits per heavy atom. The molecule has 2 aromatic rings. The standard InChI is InChI=1S/C20H22FN3O4/c21-15-4-2-1-3-13(15)14-11-16(22)17(23-19(25)26)12-18(14)24-7-5-20(6-8-24)27-9-10-28-20/h1-4,11-12,23H,5-10,22H2,(H,25,26). The number of ether oxygens (including phenoxy) is 2. The molecule has 1 spiro atoms. The summed E-state index contributed by atoms with van der Waals surface area (Å²) in [5, 5.41) is 11.4. The van der Waals surface area contributed by atoms with Crippen LogP contribution in [0.1, 0.15) is 12.8 Å². The van der Waals surface area contributed by atoms with E-state index in [1.165, 1.54) is 6.07 Å². The van der Waals surface area contributed by atoms with Crippen LogP contribution in [0.2, 0.25) is 0 Å². The van der Waals surface area contributed by atoms with E-state index in [0.717, 1.165) is 5.69 Å². The molecule has 2 saturated heterocycles. The summed E-state index contributed by atoms with van der Waals surface area (Å²) in [6.45, 7) is 2.46. The van der Waals surface area contributed by atoms with Gasteiger partial charge >= 0.3 is 6.09 Å². The molecule has 0 radical (unpaired) electrons. The Morgan fingerprint density at radius 1 is 1.14 bits per heavy atom. The molecule has 0 atom stereocenters. The Balaban J connectivity index is 1.73. The first-order chi connectivity index (χ1) is 13.5. The van der Waals surface area contributed by atoms with Crippen LogP contribution >= 0.6 is 0 Å². The average Bonchev–Trinajstić information content (AvgIpc) is 3.12. The lowest BCUT2D eigenvalue weighted by atomic mass is 9.97. The minimum Gasteiger partial charge on any atom is -0.465 e. The van der Waals surface area contributed by atoms with Crippen molar-refractivity contribution in [2.75, 3.05) is 42.3 Å². The number of anilines is 3. The summed E-state index contributed by atoms with van der Waals surface area (Å²) in [6, 6.07) is 9.75. The van der Waals surface area contributed by atoms with Crippen molar-refractivity contribution in [2.45, 2.75) is 18.6 Å². The highest BCUT2D eigenvalue weighted by Crippen LogP contribution is 2.41. The zero-order valence-corrected chi connectivity index (χ0v) is 15.3. The van der Waals surface area contributed by atoms with Crippen molar-refractivity contribution >= 4 is 23.2 Å². The highest BCUT2D eigenvalue weighted by molar-refractivity contribution is 5.93. The number of hydrogen-bond donors (Lipinski definition) is 3. The number of nitrogens with two attached hydrogens (primary N) is 1. The minimum absolute atomic E-state index is 0.236. The number of nitrogens with zero attached hydrogens (tertiary/aromatic N) is 1. The van der Waals surface area contributed by atoms with Crippen molar-refractivity contribution in [3.8, 4) is 11.1 Å². The lowest BCUT2D eigenvalue weighted by Crippen LogP contribution is -2.45. The zero-order chi connectivity index (χ0) is 19.7. The summed E-state index contributed by atoms with van der Waals surface area (Å²) in [5.74, 6) is -0.900. The Hall–Kier alpha value is -2.84. The number of rotatable bonds is 3. The summed E-state index contributed by atoms with van der Waals surface area (Å²) in [4.78, 5) is 13.2. The fraction of sp³-hybridized carbons (Fsp3) is 0.350. The number of nitrogen functional groups attached to an aromatic ring is 1. The fourth-order valence-electron chi connectivity index (χ4n) is 3.86. The van der Waals surface area contributed by atoms with Crippen LogP contribution in [0.15, 0.2) is 36.4 Å². The molecule has 148 valence electrons. The van der Waals surface area contributed by atoms with Crippen LogP contribution in [-0.2, 0) is 9.47 Å². The first-order valence-corrected chi connectivity index (χ1v) is 9.19. The molecule has 1 amide bonds. The largest absolute Gasteiger partial charge is 0.465 e. The summed E-state index contributed by atoms with van der Waals surface area (Å²) in [5.41, 5.74) is 8.31. The molecule has 0 unspecified atom stereocenters. The number of halogens is 1. The molecular formula is C20H22FN3O4. The van der Waals surface area contributed by atoms with Gasteiger partial charge in [-0.05, 0) is 18.2 Å². The summed E-state index contributed by atoms with van der Waals surface area (Å²) < 4.78 is 26.0. The minimum atomic E-state index is -1.21. The maximum absolute atomic E-state index is 14.5. The number of benzene rings is 2. The van der Waals surface area contributed by atoms with Crippen LogP contribution in [0.5, 0.6) is 0 Å². The van der Waals surface area contributed by atoms with Gasteiger partial charge in [0.2, 0.25) is 0 Å². The number of hydrogen-bond acceptors (Lipinski definition) is 5. The lowest BCUT2D eigenvalue weighted by Gasteiger charge is -2.39. The lowest BCUT2D eigenvalue weighted by molar-refractivity contribution is -0.169. The topological polar surface area (TPSA) is 97.0 Å². The highest BCUT2D eigenvalue weighted by Gasteiger charge is 2.40. The third-order valence-corrected chi connectivity index (χ3v) is 5.25. The second kappa shape index (κ2) is 7.29. The van der Waals surface area contributed by atoms with Crippen molar-refractivity contribution in [3.63, 3.8) is 0 Å². The predicted molar refractivity (Wildman–Crippen MR) is 104 cm³/mol. The summed E-state index contributed by atoms with van der Waals surface area (Å²) >= 11 is 0. The van der Waals surface area contributed by atoms with Crippen LogP contribution in [0.25, 0.3) is 11.1 Å². The molecule has 2 fully saturated rings. The van der Waals surface area contributed by atoms with Gasteiger partial charge in [-0.15, -0.1) is 0 Å². The molecule has 0 saturated carbocycles. The van der Waals surface area contributed by atoms with E-state index in [1.807, 2.05) is 0 Å². The van der Waals surface area contributed by atoms with E-state index in [4.69, 9.17) is 20.3 Å². The van der Waals surface area contributed by atoms with Crippen LogP contribution in [0.3, 0.4) is 0 Å². The molecule has 28 heavy (non-hydrogen) atoms. The number of nitrogens with one attached hydrogen (secondary N) is 1. The normalized spacial score (nSPS) is 18.4. The van der Waals surface area contributed by atoms with Gasteiger partial charge in [-0.1, -0.05) is 18.2 Å². The first-order valence-electron chi connectivity index (χ1n) is 9.19. The molecule has 2 heterocycles. The molecule has 2 aliphatic heterocycles. The Bertz CT molecular complexity index is 889. The maximum Gasteiger partial charge on any atom is 0.409 e. The third-order valence-electron chi connectivity index (χ3n) is 5.25. The van der Waals surface area contributed by atoms with Crippen LogP contribution in [0, 0.1) is 5.82 Å². The molecule has 0 bridgehead atoms. The third kappa shape index (κ3) is 3.48. The second-order valence-electron chi connectivity index (χ2n) is 6.96. The van der Waals surface area contributed by atoms with E-state index < -0.39 is 11.9 Å². The average molecular weight is 387 g/mol. The quantitative estimate of drug-likeness (QED) is 0.698. The molecule has 4 N–H and O–H groups in total. The molecule has 2 aliphatic rings. The second-order valence-corrected chi connectivity index (χ2v) is 6.96. The summed E-state index contributed by atoms with van der Waals surface area (Å²) in [6.07, 6.45) is 0.146. The monoisotopic (exact) mass is 387 g/mol. The van der Waals surface area contributed by atoms with Gasteiger partial charge in [-0.25, -0.2) is 9.18 Å². The molecule has 0 aliphatic carbocycles. The number of carboxylic acid groups (broad SMARTS) is 1. The molecule has 7 nitrogen and oxygen atoms in total. The Morgan fingerprint density at radius 2 is 1.82 bits per heavy atom. The molecular weight excluding hydrogens is 365 g/mol. The van der Waals surface area contributed by atoms with Gasteiger partial charge in [-0.2, -0.15) is 0 Å². The van der Waals surface area contributed by atoms with Crippen LogP contribution in [0.4, 0.5) is 26.2 Å². The van der Waals surface area contributed by atoms with E-state index in [1.54, 1.807) is 30.3 Å². The molecule has 2 aromatic carbocycles. The van der Waals surface area contributed by atoms with E-state index in [-0.39, 0.29) is 17.2 Å². The molecule has 8 heteroatoms. The SMILES string of the molecule is Nc1cc(-c2ccccc2F)c(N2CCC3(CC2)OCCO3)cc1NC(=O)O. The van der Waals surface area contributed by atoms with E-state index in [2.05, 4.69) is 10.2 Å². The number of piperidine rings is 1. The smallest absolute Gasteiger partial charge is 0.409 e. The fourth-order valence-corrected chi connectivity index (χ4v) is 3.86. The Kier molecular flexibility index (Phi) is 4.82. The van der Waals surface area contributed by atoms with Gasteiger partial charge in [0.15, 0.2) is 5.79 Å². The van der Waals surface area contributed by atoms with Crippen molar-refractivity contribution in [2.24, 2.45) is 0 Å². The first kappa shape index (κ1) is 18.5. The molecule has 4 rings (SSSR count). The van der Waals surface area contributed by atoms with Crippen molar-refractivity contribution in [3.05, 3.63) is 42.2 Å². The van der Waals surface area contributed by atoms with Gasteiger partial charge in [-0.3, -0.25) is 5.32 Å². The predicted octanol–water partition coefficient (Wildman–Crippen LogP) is 3.51. The number of carbonyl (C=O) groups is 1. The van der Waals surface area contributed by atoms with Gasteiger partial charge in [0.25, 0.3) is 0 Å². The molecule has 0 aromatic heterocycles. The van der Waals surface area contributed by atoms with Crippen molar-refractivity contribution in [1.29, 1.82) is 0 Å². The van der Waals surface area contributed by atoms with Crippen LogP contribution < -0.4 is 16.0 Å². The zero-order valence-electron chi connectivity index (χ0n) is 15.3. The van der Waals surface area contributed by atoms with Crippen molar-refractivity contribution in [1.82, 2.24) is 0 Å². The number of amides is 1. The van der Waals surface area contributed by atoms with Crippen LogP contribution in [-0.4, -0.2) is 43.3 Å².